The maximum atomic E-state index is 13.5. The van der Waals surface area contributed by atoms with Crippen LogP contribution in [0.4, 0.5) is 0 Å². The quantitative estimate of drug-likeness (QED) is 0.641. The fourth-order valence-corrected chi connectivity index (χ4v) is 4.75. The van der Waals surface area contributed by atoms with Crippen LogP contribution in [0.25, 0.3) is 0 Å². The number of carbonyl (C=O) groups is 1. The molecule has 158 valence electrons. The summed E-state index contributed by atoms with van der Waals surface area (Å²) in [6.07, 6.45) is 1.77. The van der Waals surface area contributed by atoms with E-state index in [1.807, 2.05) is 51.1 Å². The molecule has 2 rings (SSSR count). The molecular weight excluding hydrogens is 388 g/mol. The van der Waals surface area contributed by atoms with Crippen molar-refractivity contribution >= 4 is 15.9 Å². The summed E-state index contributed by atoms with van der Waals surface area (Å²) in [7, 11) is -2.53. The third kappa shape index (κ3) is 6.30. The molecule has 2 aromatic carbocycles. The molecule has 0 radical (unpaired) electrons. The zero-order chi connectivity index (χ0) is 21.4. The largest absolute Gasteiger partial charge is 0.495 e. The minimum Gasteiger partial charge on any atom is -0.495 e. The molecule has 1 atom stereocenters. The van der Waals surface area contributed by atoms with E-state index < -0.39 is 10.0 Å². The first-order chi connectivity index (χ1) is 13.8. The summed E-state index contributed by atoms with van der Waals surface area (Å²) < 4.78 is 33.4. The second-order valence-electron chi connectivity index (χ2n) is 7.17. The zero-order valence-corrected chi connectivity index (χ0v) is 18.3. The lowest BCUT2D eigenvalue weighted by Gasteiger charge is -2.24. The molecule has 0 saturated heterocycles. The Kier molecular flexibility index (Phi) is 8.22. The Morgan fingerprint density at radius 2 is 1.86 bits per heavy atom. The van der Waals surface area contributed by atoms with Crippen molar-refractivity contribution in [2.24, 2.45) is 0 Å². The molecule has 6 nitrogen and oxygen atoms in total. The molecule has 0 spiro atoms. The number of ether oxygens (including phenoxy) is 1. The average molecular weight is 419 g/mol. The molecule has 0 saturated carbocycles. The highest BCUT2D eigenvalue weighted by molar-refractivity contribution is 7.89. The van der Waals surface area contributed by atoms with Crippen LogP contribution in [0.2, 0.25) is 0 Å². The topological polar surface area (TPSA) is 75.7 Å². The van der Waals surface area contributed by atoms with E-state index in [1.165, 1.54) is 11.4 Å². The number of sulfonamides is 1. The summed E-state index contributed by atoms with van der Waals surface area (Å²) in [6.45, 7) is 5.61. The van der Waals surface area contributed by atoms with Gasteiger partial charge in [-0.3, -0.25) is 4.79 Å². The first-order valence-corrected chi connectivity index (χ1v) is 11.2. The second kappa shape index (κ2) is 10.4. The van der Waals surface area contributed by atoms with Gasteiger partial charge in [0.05, 0.1) is 13.7 Å². The minimum absolute atomic E-state index is 0.0118. The zero-order valence-electron chi connectivity index (χ0n) is 17.5. The van der Waals surface area contributed by atoms with Crippen molar-refractivity contribution in [1.29, 1.82) is 0 Å². The Hall–Kier alpha value is -2.38. The van der Waals surface area contributed by atoms with Gasteiger partial charge in [-0.15, -0.1) is 0 Å². The van der Waals surface area contributed by atoms with E-state index in [0.717, 1.165) is 24.0 Å². The highest BCUT2D eigenvalue weighted by atomic mass is 32.2. The van der Waals surface area contributed by atoms with E-state index >= 15 is 0 Å². The molecule has 29 heavy (non-hydrogen) atoms. The Labute approximate surface area is 173 Å². The standard InChI is InChI=1S/C22H30N2O4S/c1-5-9-18(3)23-22(25)16-24(15-19-10-7-6-8-11-19)29(26,27)21-14-17(2)12-13-20(21)28-4/h6-8,10-14,18H,5,9,15-16H2,1-4H3,(H,23,25)/t18-/m1/s1. The molecular formula is C22H30N2O4S. The van der Waals surface area contributed by atoms with Crippen LogP contribution in [0, 0.1) is 6.92 Å². The summed E-state index contributed by atoms with van der Waals surface area (Å²) in [5.41, 5.74) is 1.60. The third-order valence-corrected chi connectivity index (χ3v) is 6.40. The molecule has 0 heterocycles. The van der Waals surface area contributed by atoms with E-state index in [4.69, 9.17) is 4.74 Å². The number of aryl methyl sites for hydroxylation is 1. The SMILES string of the molecule is CCC[C@@H](C)NC(=O)CN(Cc1ccccc1)S(=O)(=O)c1cc(C)ccc1OC. The Balaban J connectivity index is 2.38. The van der Waals surface area contributed by atoms with Crippen molar-refractivity contribution in [1.82, 2.24) is 9.62 Å². The molecule has 0 unspecified atom stereocenters. The van der Waals surface area contributed by atoms with Gasteiger partial charge in [-0.05, 0) is 43.5 Å². The van der Waals surface area contributed by atoms with E-state index in [0.29, 0.717) is 0 Å². The van der Waals surface area contributed by atoms with E-state index in [-0.39, 0.29) is 35.7 Å². The van der Waals surface area contributed by atoms with Gasteiger partial charge in [0.15, 0.2) is 0 Å². The molecule has 0 fully saturated rings. The fourth-order valence-electron chi connectivity index (χ4n) is 3.12. The Bertz CT molecular complexity index is 914. The molecule has 0 aliphatic rings. The predicted octanol–water partition coefficient (Wildman–Crippen LogP) is 3.50. The summed E-state index contributed by atoms with van der Waals surface area (Å²) in [6, 6.07) is 14.2. The van der Waals surface area contributed by atoms with Crippen molar-refractivity contribution < 1.29 is 17.9 Å². The number of hydrogen-bond acceptors (Lipinski definition) is 4. The molecule has 0 aliphatic heterocycles. The van der Waals surface area contributed by atoms with Gasteiger partial charge in [0.1, 0.15) is 10.6 Å². The van der Waals surface area contributed by atoms with E-state index in [9.17, 15) is 13.2 Å². The van der Waals surface area contributed by atoms with Gasteiger partial charge in [-0.1, -0.05) is 49.7 Å². The summed E-state index contributed by atoms with van der Waals surface area (Å²) in [5, 5.41) is 2.88. The van der Waals surface area contributed by atoms with Crippen molar-refractivity contribution in [2.45, 2.75) is 51.1 Å². The van der Waals surface area contributed by atoms with Crippen LogP contribution in [0.1, 0.15) is 37.8 Å². The summed E-state index contributed by atoms with van der Waals surface area (Å²) >= 11 is 0. The van der Waals surface area contributed by atoms with Crippen LogP contribution in [0.5, 0.6) is 5.75 Å². The monoisotopic (exact) mass is 418 g/mol. The van der Waals surface area contributed by atoms with Gasteiger partial charge in [-0.2, -0.15) is 4.31 Å². The van der Waals surface area contributed by atoms with Gasteiger partial charge >= 0.3 is 0 Å². The number of benzene rings is 2. The number of hydrogen-bond donors (Lipinski definition) is 1. The first-order valence-electron chi connectivity index (χ1n) is 9.76. The average Bonchev–Trinajstić information content (AvgIpc) is 2.68. The van der Waals surface area contributed by atoms with Crippen molar-refractivity contribution in [2.75, 3.05) is 13.7 Å². The normalized spacial score (nSPS) is 12.6. The molecule has 7 heteroatoms. The minimum atomic E-state index is -3.96. The smallest absolute Gasteiger partial charge is 0.247 e. The molecule has 0 aliphatic carbocycles. The van der Waals surface area contributed by atoms with Crippen LogP contribution in [-0.2, 0) is 21.4 Å². The van der Waals surface area contributed by atoms with Crippen LogP contribution >= 0.6 is 0 Å². The number of nitrogens with zero attached hydrogens (tertiary/aromatic N) is 1. The van der Waals surface area contributed by atoms with Gasteiger partial charge in [-0.25, -0.2) is 8.42 Å². The highest BCUT2D eigenvalue weighted by Crippen LogP contribution is 2.28. The van der Waals surface area contributed by atoms with Crippen LogP contribution < -0.4 is 10.1 Å². The second-order valence-corrected chi connectivity index (χ2v) is 9.08. The van der Waals surface area contributed by atoms with Crippen LogP contribution in [0.3, 0.4) is 0 Å². The Morgan fingerprint density at radius 3 is 2.48 bits per heavy atom. The number of amides is 1. The van der Waals surface area contributed by atoms with Gasteiger partial charge < -0.3 is 10.1 Å². The lowest BCUT2D eigenvalue weighted by atomic mass is 10.2. The lowest BCUT2D eigenvalue weighted by Crippen LogP contribution is -2.43. The first kappa shape index (κ1) is 22.9. The van der Waals surface area contributed by atoms with Crippen molar-refractivity contribution in [3.05, 3.63) is 59.7 Å². The number of carbonyl (C=O) groups excluding carboxylic acids is 1. The summed E-state index contributed by atoms with van der Waals surface area (Å²) in [5.74, 6) is -0.0644. The number of nitrogens with one attached hydrogen (secondary N) is 1. The summed E-state index contributed by atoms with van der Waals surface area (Å²) in [4.78, 5) is 12.6. The molecule has 0 bridgehead atoms. The lowest BCUT2D eigenvalue weighted by molar-refractivity contribution is -0.122. The molecule has 0 aromatic heterocycles. The highest BCUT2D eigenvalue weighted by Gasteiger charge is 2.30. The van der Waals surface area contributed by atoms with Gasteiger partial charge in [0.25, 0.3) is 0 Å². The Morgan fingerprint density at radius 1 is 1.17 bits per heavy atom. The van der Waals surface area contributed by atoms with E-state index in [2.05, 4.69) is 5.32 Å². The van der Waals surface area contributed by atoms with Crippen LogP contribution in [-0.4, -0.2) is 38.3 Å². The van der Waals surface area contributed by atoms with Gasteiger partial charge in [0.2, 0.25) is 15.9 Å². The third-order valence-electron chi connectivity index (χ3n) is 4.59. The number of rotatable bonds is 10. The van der Waals surface area contributed by atoms with Gasteiger partial charge in [0, 0.05) is 12.6 Å². The van der Waals surface area contributed by atoms with Crippen LogP contribution in [0.15, 0.2) is 53.4 Å². The maximum Gasteiger partial charge on any atom is 0.247 e. The van der Waals surface area contributed by atoms with Crippen molar-refractivity contribution in [3.8, 4) is 5.75 Å². The fraction of sp³-hybridized carbons (Fsp3) is 0.409. The molecule has 2 aromatic rings. The van der Waals surface area contributed by atoms with Crippen molar-refractivity contribution in [3.63, 3.8) is 0 Å². The van der Waals surface area contributed by atoms with E-state index in [1.54, 1.807) is 18.2 Å². The number of methoxy groups -OCH3 is 1. The molecule has 1 N–H and O–H groups in total. The maximum absolute atomic E-state index is 13.5. The predicted molar refractivity (Wildman–Crippen MR) is 114 cm³/mol. The molecule has 1 amide bonds.